The third-order valence-corrected chi connectivity index (χ3v) is 5.47. The molecular weight excluding hydrogens is 442 g/mol. The second-order valence-corrected chi connectivity index (χ2v) is 7.58. The van der Waals surface area contributed by atoms with E-state index >= 15 is 0 Å². The van der Waals surface area contributed by atoms with Gasteiger partial charge in [0, 0.05) is 18.4 Å². The molecule has 7 nitrogen and oxygen atoms in total. The van der Waals surface area contributed by atoms with E-state index in [1.54, 1.807) is 18.5 Å². The van der Waals surface area contributed by atoms with Crippen LogP contribution >= 0.6 is 15.9 Å². The third-order valence-electron chi connectivity index (χ3n) is 4.88. The van der Waals surface area contributed by atoms with Gasteiger partial charge in [0.15, 0.2) is 11.5 Å². The van der Waals surface area contributed by atoms with E-state index in [0.29, 0.717) is 39.3 Å². The quantitative estimate of drug-likeness (QED) is 0.570. The number of nitrogens with zero attached hydrogens (tertiary/aromatic N) is 1. The number of ether oxygens (including phenoxy) is 4. The molecule has 1 aliphatic carbocycles. The molecule has 0 aromatic heterocycles. The van der Waals surface area contributed by atoms with Gasteiger partial charge in [-0.3, -0.25) is 0 Å². The lowest BCUT2D eigenvalue weighted by Gasteiger charge is -2.30. The van der Waals surface area contributed by atoms with Crippen molar-refractivity contribution in [2.24, 2.45) is 0 Å². The van der Waals surface area contributed by atoms with E-state index < -0.39 is 17.9 Å². The predicted molar refractivity (Wildman–Crippen MR) is 110 cm³/mol. The fourth-order valence-electron chi connectivity index (χ4n) is 3.39. The van der Waals surface area contributed by atoms with Crippen molar-refractivity contribution in [3.05, 3.63) is 45.7 Å². The van der Waals surface area contributed by atoms with Crippen LogP contribution in [-0.4, -0.2) is 50.8 Å². The van der Waals surface area contributed by atoms with E-state index in [1.165, 1.54) is 21.3 Å². The van der Waals surface area contributed by atoms with Crippen molar-refractivity contribution >= 4 is 27.9 Å². The van der Waals surface area contributed by atoms with E-state index in [0.717, 1.165) is 12.8 Å². The largest absolute Gasteiger partial charge is 0.493 e. The van der Waals surface area contributed by atoms with Crippen molar-refractivity contribution in [1.29, 1.82) is 0 Å². The highest BCUT2D eigenvalue weighted by Crippen LogP contribution is 2.45. The van der Waals surface area contributed by atoms with E-state index in [-0.39, 0.29) is 6.04 Å². The summed E-state index contributed by atoms with van der Waals surface area (Å²) in [6.45, 7) is 2.35. The van der Waals surface area contributed by atoms with Gasteiger partial charge < -0.3 is 23.8 Å². The molecule has 1 saturated carbocycles. The molecule has 29 heavy (non-hydrogen) atoms. The van der Waals surface area contributed by atoms with Crippen molar-refractivity contribution in [2.75, 3.05) is 27.9 Å². The predicted octanol–water partition coefficient (Wildman–Crippen LogP) is 3.53. The fraction of sp³-hybridized carbons (Fsp3) is 0.429. The van der Waals surface area contributed by atoms with Crippen molar-refractivity contribution in [3.63, 3.8) is 0 Å². The lowest BCUT2D eigenvalue weighted by atomic mass is 9.83. The number of hydrogen-bond acceptors (Lipinski definition) is 7. The van der Waals surface area contributed by atoms with Crippen molar-refractivity contribution in [3.8, 4) is 11.5 Å². The molecule has 2 aliphatic rings. The zero-order valence-corrected chi connectivity index (χ0v) is 18.4. The molecule has 1 aliphatic heterocycles. The van der Waals surface area contributed by atoms with E-state index in [9.17, 15) is 9.59 Å². The number of carbonyl (C=O) groups excluding carboxylic acids is 2. The highest BCUT2D eigenvalue weighted by Gasteiger charge is 2.39. The molecule has 3 rings (SSSR count). The Balaban J connectivity index is 2.15. The summed E-state index contributed by atoms with van der Waals surface area (Å²) in [4.78, 5) is 27.2. The van der Waals surface area contributed by atoms with Gasteiger partial charge in [0.25, 0.3) is 0 Å². The Morgan fingerprint density at radius 2 is 1.66 bits per heavy atom. The first-order valence-corrected chi connectivity index (χ1v) is 10.1. The van der Waals surface area contributed by atoms with Crippen LogP contribution in [0.2, 0.25) is 0 Å². The molecule has 0 bridgehead atoms. The van der Waals surface area contributed by atoms with Gasteiger partial charge in [-0.05, 0) is 53.4 Å². The summed E-state index contributed by atoms with van der Waals surface area (Å²) in [6.07, 6.45) is 5.53. The minimum atomic E-state index is -0.661. The average Bonchev–Trinajstić information content (AvgIpc) is 3.58. The molecular formula is C21H24BrNO6. The summed E-state index contributed by atoms with van der Waals surface area (Å²) in [5.41, 5.74) is 1.40. The SMILES string of the molecule is CCOc1c(Br)cc(C2C(C(=O)OC)=CN(C3CC3)C=C2C(=O)OC)cc1OC. The number of methoxy groups -OCH3 is 3. The van der Waals surface area contributed by atoms with Crippen LogP contribution < -0.4 is 9.47 Å². The Morgan fingerprint density at radius 3 is 2.10 bits per heavy atom. The maximum atomic E-state index is 12.6. The highest BCUT2D eigenvalue weighted by molar-refractivity contribution is 9.10. The van der Waals surface area contributed by atoms with Crippen LogP contribution in [0.15, 0.2) is 40.2 Å². The maximum absolute atomic E-state index is 12.6. The van der Waals surface area contributed by atoms with Gasteiger partial charge in [-0.2, -0.15) is 0 Å². The molecule has 0 unspecified atom stereocenters. The van der Waals surface area contributed by atoms with Crippen LogP contribution in [0.4, 0.5) is 0 Å². The minimum absolute atomic E-state index is 0.275. The zero-order valence-electron chi connectivity index (χ0n) is 16.9. The van der Waals surface area contributed by atoms with E-state index in [4.69, 9.17) is 18.9 Å². The molecule has 0 radical (unpaired) electrons. The molecule has 0 saturated heterocycles. The molecule has 0 N–H and O–H groups in total. The first-order chi connectivity index (χ1) is 13.9. The summed E-state index contributed by atoms with van der Waals surface area (Å²) < 4.78 is 21.8. The molecule has 0 amide bonds. The highest BCUT2D eigenvalue weighted by atomic mass is 79.9. The Kier molecular flexibility index (Phi) is 6.52. The summed E-state index contributed by atoms with van der Waals surface area (Å²) in [6, 6.07) is 3.86. The van der Waals surface area contributed by atoms with Crippen molar-refractivity contribution in [1.82, 2.24) is 4.90 Å². The summed E-state index contributed by atoms with van der Waals surface area (Å²) >= 11 is 3.51. The number of benzene rings is 1. The van der Waals surface area contributed by atoms with Crippen LogP contribution in [0, 0.1) is 0 Å². The Bertz CT molecular complexity index is 840. The second kappa shape index (κ2) is 8.90. The third kappa shape index (κ3) is 4.27. The van der Waals surface area contributed by atoms with Crippen LogP contribution in [0.1, 0.15) is 31.2 Å². The molecule has 1 aromatic carbocycles. The molecule has 0 atom stereocenters. The lowest BCUT2D eigenvalue weighted by Crippen LogP contribution is -2.29. The monoisotopic (exact) mass is 465 g/mol. The van der Waals surface area contributed by atoms with Gasteiger partial charge in [-0.15, -0.1) is 0 Å². The van der Waals surface area contributed by atoms with Gasteiger partial charge in [0.2, 0.25) is 0 Å². The fourth-order valence-corrected chi connectivity index (χ4v) is 3.96. The van der Waals surface area contributed by atoms with Gasteiger partial charge in [0.1, 0.15) is 0 Å². The van der Waals surface area contributed by atoms with Gasteiger partial charge in [-0.25, -0.2) is 9.59 Å². The Morgan fingerprint density at radius 1 is 1.07 bits per heavy atom. The molecule has 1 heterocycles. The van der Waals surface area contributed by atoms with E-state index in [2.05, 4.69) is 15.9 Å². The normalized spacial score (nSPS) is 16.7. The molecule has 156 valence electrons. The van der Waals surface area contributed by atoms with Crippen molar-refractivity contribution in [2.45, 2.75) is 31.7 Å². The van der Waals surface area contributed by atoms with Gasteiger partial charge >= 0.3 is 11.9 Å². The number of hydrogen-bond donors (Lipinski definition) is 0. The average molecular weight is 466 g/mol. The molecule has 8 heteroatoms. The summed E-state index contributed by atoms with van der Waals surface area (Å²) in [7, 11) is 4.19. The zero-order chi connectivity index (χ0) is 21.1. The standard InChI is InChI=1S/C21H24BrNO6/c1-5-29-19-16(22)8-12(9-17(19)26-2)18-14(20(24)27-3)10-23(13-6-7-13)11-15(18)21(25)28-4/h8-11,13,18H,5-7H2,1-4H3. The Labute approximate surface area is 178 Å². The first-order valence-electron chi connectivity index (χ1n) is 9.32. The van der Waals surface area contributed by atoms with Gasteiger partial charge in [0.05, 0.1) is 49.5 Å². The lowest BCUT2D eigenvalue weighted by molar-refractivity contribution is -0.137. The van der Waals surface area contributed by atoms with Gasteiger partial charge in [-0.1, -0.05) is 0 Å². The Hall–Kier alpha value is -2.48. The number of rotatable bonds is 7. The number of halogens is 1. The van der Waals surface area contributed by atoms with E-state index in [1.807, 2.05) is 17.9 Å². The smallest absolute Gasteiger partial charge is 0.336 e. The molecule has 1 fully saturated rings. The van der Waals surface area contributed by atoms with Crippen molar-refractivity contribution < 1.29 is 28.5 Å². The molecule has 0 spiro atoms. The van der Waals surface area contributed by atoms with Crippen LogP contribution in [0.3, 0.4) is 0 Å². The summed E-state index contributed by atoms with van der Waals surface area (Å²) in [5, 5.41) is 0. The number of carbonyl (C=O) groups is 2. The minimum Gasteiger partial charge on any atom is -0.493 e. The van der Waals surface area contributed by atoms with Crippen LogP contribution in [0.25, 0.3) is 0 Å². The number of esters is 2. The summed E-state index contributed by atoms with van der Waals surface area (Å²) in [5.74, 6) is -0.611. The van der Waals surface area contributed by atoms with Crippen LogP contribution in [-0.2, 0) is 19.1 Å². The topological polar surface area (TPSA) is 74.3 Å². The first kappa shape index (κ1) is 21.2. The maximum Gasteiger partial charge on any atom is 0.336 e. The van der Waals surface area contributed by atoms with Crippen LogP contribution in [0.5, 0.6) is 11.5 Å². The second-order valence-electron chi connectivity index (χ2n) is 6.73. The molecule has 1 aromatic rings.